The average Bonchev–Trinajstić information content (AvgIpc) is 2.43. The summed E-state index contributed by atoms with van der Waals surface area (Å²) in [4.78, 5) is 12.2. The van der Waals surface area contributed by atoms with Crippen molar-refractivity contribution in [1.82, 2.24) is 0 Å². The predicted molar refractivity (Wildman–Crippen MR) is 75.9 cm³/mol. The third kappa shape index (κ3) is 2.08. The normalized spacial score (nSPS) is 29.1. The van der Waals surface area contributed by atoms with Crippen molar-refractivity contribution in [2.24, 2.45) is 5.41 Å². The molecular weight excluding hydrogens is 256 g/mol. The third-order valence-electron chi connectivity index (χ3n) is 4.44. The zero-order valence-electron chi connectivity index (χ0n) is 12.4. The molecule has 2 aliphatic rings. The second kappa shape index (κ2) is 5.09. The van der Waals surface area contributed by atoms with Crippen LogP contribution in [0.1, 0.15) is 33.6 Å². The highest BCUT2D eigenvalue weighted by Crippen LogP contribution is 2.50. The number of carbonyl (C=O) groups is 1. The van der Waals surface area contributed by atoms with Crippen LogP contribution in [0.5, 0.6) is 0 Å². The lowest BCUT2D eigenvalue weighted by Gasteiger charge is -2.47. The Balaban J connectivity index is 2.51. The second-order valence-corrected chi connectivity index (χ2v) is 5.91. The first-order valence-electron chi connectivity index (χ1n) is 6.89. The fourth-order valence-electron chi connectivity index (χ4n) is 3.16. The lowest BCUT2D eigenvalue weighted by Crippen LogP contribution is -2.54. The molecule has 0 aromatic carbocycles. The van der Waals surface area contributed by atoms with E-state index in [1.807, 2.05) is 20.8 Å². The average molecular weight is 278 g/mol. The SMILES string of the molecule is C=CC(=O)C1(O)CCC(C)=C(C2=COCCO2)C1(C)C. The Kier molecular flexibility index (Phi) is 3.78. The standard InChI is InChI=1S/C16H22O4/c1-5-13(17)16(18)7-6-11(2)14(15(16,3)4)12-10-19-8-9-20-12/h5,10,18H,1,6-9H2,2-4H3. The number of ketones is 1. The Hall–Kier alpha value is -1.55. The Labute approximate surface area is 119 Å². The molecule has 1 unspecified atom stereocenters. The van der Waals surface area contributed by atoms with Crippen molar-refractivity contribution in [2.45, 2.75) is 39.2 Å². The van der Waals surface area contributed by atoms with Gasteiger partial charge in [-0.3, -0.25) is 4.79 Å². The van der Waals surface area contributed by atoms with Crippen LogP contribution in [0.25, 0.3) is 0 Å². The van der Waals surface area contributed by atoms with Crippen LogP contribution in [0.4, 0.5) is 0 Å². The number of hydrogen-bond donors (Lipinski definition) is 1. The minimum Gasteiger partial charge on any atom is -0.494 e. The van der Waals surface area contributed by atoms with E-state index in [9.17, 15) is 9.90 Å². The summed E-state index contributed by atoms with van der Waals surface area (Å²) in [5.41, 5.74) is -0.229. The summed E-state index contributed by atoms with van der Waals surface area (Å²) in [5.74, 6) is 0.276. The van der Waals surface area contributed by atoms with E-state index < -0.39 is 11.0 Å². The Bertz CT molecular complexity index is 499. The van der Waals surface area contributed by atoms with Gasteiger partial charge in [0, 0.05) is 11.0 Å². The molecule has 0 bridgehead atoms. The summed E-state index contributed by atoms with van der Waals surface area (Å²) < 4.78 is 11.0. The van der Waals surface area contributed by atoms with Crippen LogP contribution in [0.15, 0.2) is 35.8 Å². The van der Waals surface area contributed by atoms with Gasteiger partial charge in [-0.25, -0.2) is 0 Å². The highest BCUT2D eigenvalue weighted by atomic mass is 16.6. The largest absolute Gasteiger partial charge is 0.494 e. The lowest BCUT2D eigenvalue weighted by atomic mass is 9.60. The van der Waals surface area contributed by atoms with Gasteiger partial charge < -0.3 is 14.6 Å². The first-order chi connectivity index (χ1) is 9.34. The van der Waals surface area contributed by atoms with Gasteiger partial charge >= 0.3 is 0 Å². The van der Waals surface area contributed by atoms with Crippen molar-refractivity contribution in [1.29, 1.82) is 0 Å². The molecule has 2 rings (SSSR count). The van der Waals surface area contributed by atoms with Crippen LogP contribution >= 0.6 is 0 Å². The molecule has 1 aliphatic heterocycles. The maximum atomic E-state index is 12.2. The monoisotopic (exact) mass is 278 g/mol. The van der Waals surface area contributed by atoms with Crippen LogP contribution in [0, 0.1) is 5.41 Å². The van der Waals surface area contributed by atoms with E-state index >= 15 is 0 Å². The number of hydrogen-bond acceptors (Lipinski definition) is 4. The van der Waals surface area contributed by atoms with Crippen molar-refractivity contribution in [3.8, 4) is 0 Å². The van der Waals surface area contributed by atoms with Gasteiger partial charge in [0.2, 0.25) is 0 Å². The van der Waals surface area contributed by atoms with Crippen molar-refractivity contribution >= 4 is 5.78 Å². The summed E-state index contributed by atoms with van der Waals surface area (Å²) in [7, 11) is 0. The molecule has 0 radical (unpaired) electrons. The van der Waals surface area contributed by atoms with Crippen molar-refractivity contribution < 1.29 is 19.4 Å². The zero-order chi connectivity index (χ0) is 15.0. The summed E-state index contributed by atoms with van der Waals surface area (Å²) in [6.07, 6.45) is 3.82. The van der Waals surface area contributed by atoms with Crippen molar-refractivity contribution in [2.75, 3.05) is 13.2 Å². The number of ether oxygens (including phenoxy) is 2. The Morgan fingerprint density at radius 3 is 2.70 bits per heavy atom. The van der Waals surface area contributed by atoms with E-state index in [1.165, 1.54) is 6.08 Å². The number of allylic oxidation sites excluding steroid dienone is 2. The molecular formula is C16H22O4. The molecule has 1 heterocycles. The van der Waals surface area contributed by atoms with Gasteiger partial charge in [0.15, 0.2) is 11.5 Å². The first-order valence-corrected chi connectivity index (χ1v) is 6.89. The molecule has 1 atom stereocenters. The maximum absolute atomic E-state index is 12.2. The summed E-state index contributed by atoms with van der Waals surface area (Å²) >= 11 is 0. The lowest BCUT2D eigenvalue weighted by molar-refractivity contribution is -0.145. The van der Waals surface area contributed by atoms with Crippen LogP contribution in [-0.2, 0) is 14.3 Å². The summed E-state index contributed by atoms with van der Waals surface area (Å²) in [5, 5.41) is 10.9. The molecule has 110 valence electrons. The van der Waals surface area contributed by atoms with E-state index in [0.717, 1.165) is 11.1 Å². The molecule has 0 saturated carbocycles. The Morgan fingerprint density at radius 2 is 2.15 bits per heavy atom. The molecule has 1 N–H and O–H groups in total. The number of rotatable bonds is 3. The van der Waals surface area contributed by atoms with E-state index in [0.29, 0.717) is 31.8 Å². The smallest absolute Gasteiger partial charge is 0.187 e. The zero-order valence-corrected chi connectivity index (χ0v) is 12.4. The highest BCUT2D eigenvalue weighted by Gasteiger charge is 2.54. The quantitative estimate of drug-likeness (QED) is 0.806. The molecule has 20 heavy (non-hydrogen) atoms. The molecule has 0 amide bonds. The number of carbonyl (C=O) groups excluding carboxylic acids is 1. The van der Waals surface area contributed by atoms with Gasteiger partial charge in [0.1, 0.15) is 25.1 Å². The molecule has 0 aromatic heterocycles. The fraction of sp³-hybridized carbons (Fsp3) is 0.562. The van der Waals surface area contributed by atoms with Crippen molar-refractivity contribution in [3.05, 3.63) is 35.8 Å². The summed E-state index contributed by atoms with van der Waals surface area (Å²) in [6, 6.07) is 0. The predicted octanol–water partition coefficient (Wildman–Crippen LogP) is 2.50. The van der Waals surface area contributed by atoms with E-state index in [-0.39, 0.29) is 5.78 Å². The molecule has 4 nitrogen and oxygen atoms in total. The maximum Gasteiger partial charge on any atom is 0.187 e. The van der Waals surface area contributed by atoms with Crippen LogP contribution < -0.4 is 0 Å². The molecule has 1 aliphatic carbocycles. The van der Waals surface area contributed by atoms with Crippen molar-refractivity contribution in [3.63, 3.8) is 0 Å². The topological polar surface area (TPSA) is 55.8 Å². The highest BCUT2D eigenvalue weighted by molar-refractivity contribution is 5.97. The number of aliphatic hydroxyl groups is 1. The van der Waals surface area contributed by atoms with Gasteiger partial charge in [0.25, 0.3) is 0 Å². The Morgan fingerprint density at radius 1 is 1.45 bits per heavy atom. The molecule has 4 heteroatoms. The molecule has 0 spiro atoms. The van der Waals surface area contributed by atoms with Crippen LogP contribution in [0.3, 0.4) is 0 Å². The van der Waals surface area contributed by atoms with Gasteiger partial charge in [-0.15, -0.1) is 0 Å². The van der Waals surface area contributed by atoms with Crippen LogP contribution in [0.2, 0.25) is 0 Å². The van der Waals surface area contributed by atoms with Gasteiger partial charge in [0.05, 0.1) is 0 Å². The first kappa shape index (κ1) is 14.9. The molecule has 0 saturated heterocycles. The van der Waals surface area contributed by atoms with Crippen LogP contribution in [-0.4, -0.2) is 29.7 Å². The van der Waals surface area contributed by atoms with Gasteiger partial charge in [-0.05, 0) is 25.8 Å². The summed E-state index contributed by atoms with van der Waals surface area (Å²) in [6.45, 7) is 10.2. The van der Waals surface area contributed by atoms with Gasteiger partial charge in [-0.2, -0.15) is 0 Å². The molecule has 0 aromatic rings. The molecule has 0 fully saturated rings. The minimum atomic E-state index is -1.45. The minimum absolute atomic E-state index is 0.343. The van der Waals surface area contributed by atoms with E-state index in [2.05, 4.69) is 6.58 Å². The van der Waals surface area contributed by atoms with E-state index in [1.54, 1.807) is 6.26 Å². The third-order valence-corrected chi connectivity index (χ3v) is 4.44. The second-order valence-electron chi connectivity index (χ2n) is 5.91. The van der Waals surface area contributed by atoms with Gasteiger partial charge in [-0.1, -0.05) is 26.0 Å². The van der Waals surface area contributed by atoms with E-state index in [4.69, 9.17) is 9.47 Å². The fourth-order valence-corrected chi connectivity index (χ4v) is 3.16.